The van der Waals surface area contributed by atoms with Gasteiger partial charge in [0.25, 0.3) is 0 Å². The minimum absolute atomic E-state index is 0.0580. The standard InChI is InChI=1S/C17H19Cl2NO4/c1-17(2)23-12-6-13(22)20-7-8(5-10(20)16(12)24-17)14-11(21)4-3-9(18)15(14)19/h3-4,8,10,12,16,21H,5-7H2,1-2H3/t8-,10-,12?,16?/m0/s1. The molecule has 3 heterocycles. The number of fused-ring (bicyclic) bond motifs is 3. The van der Waals surface area contributed by atoms with Crippen molar-refractivity contribution in [3.05, 3.63) is 27.7 Å². The van der Waals surface area contributed by atoms with Crippen LogP contribution < -0.4 is 0 Å². The highest BCUT2D eigenvalue weighted by atomic mass is 35.5. The largest absolute Gasteiger partial charge is 0.508 e. The van der Waals surface area contributed by atoms with E-state index in [4.69, 9.17) is 32.7 Å². The van der Waals surface area contributed by atoms with E-state index >= 15 is 0 Å². The molecular formula is C17H19Cl2NO4. The first-order chi connectivity index (χ1) is 11.3. The molecule has 7 heteroatoms. The highest BCUT2D eigenvalue weighted by Crippen LogP contribution is 2.47. The van der Waals surface area contributed by atoms with Crippen LogP contribution in [0.15, 0.2) is 12.1 Å². The van der Waals surface area contributed by atoms with Gasteiger partial charge in [-0.15, -0.1) is 0 Å². The Labute approximate surface area is 150 Å². The van der Waals surface area contributed by atoms with E-state index in [2.05, 4.69) is 0 Å². The van der Waals surface area contributed by atoms with Crippen LogP contribution in [0.25, 0.3) is 0 Å². The maximum absolute atomic E-state index is 12.5. The zero-order chi connectivity index (χ0) is 17.2. The zero-order valence-electron chi connectivity index (χ0n) is 13.5. The number of aromatic hydroxyl groups is 1. The van der Waals surface area contributed by atoms with Crippen molar-refractivity contribution < 1.29 is 19.4 Å². The second-order valence-electron chi connectivity index (χ2n) is 7.18. The van der Waals surface area contributed by atoms with Gasteiger partial charge in [0.15, 0.2) is 5.79 Å². The third kappa shape index (κ3) is 2.49. The smallest absolute Gasteiger partial charge is 0.225 e. The molecule has 3 aliphatic rings. The van der Waals surface area contributed by atoms with Crippen molar-refractivity contribution in [2.45, 2.75) is 56.6 Å². The van der Waals surface area contributed by atoms with E-state index in [9.17, 15) is 9.90 Å². The van der Waals surface area contributed by atoms with Gasteiger partial charge in [-0.2, -0.15) is 0 Å². The van der Waals surface area contributed by atoms with Crippen LogP contribution in [0.4, 0.5) is 0 Å². The number of phenolic OH excluding ortho intramolecular Hbond substituents is 1. The van der Waals surface area contributed by atoms with Crippen molar-refractivity contribution in [2.24, 2.45) is 0 Å². The van der Waals surface area contributed by atoms with Gasteiger partial charge in [-0.25, -0.2) is 0 Å². The summed E-state index contributed by atoms with van der Waals surface area (Å²) in [7, 11) is 0. The monoisotopic (exact) mass is 371 g/mol. The molecule has 3 fully saturated rings. The summed E-state index contributed by atoms with van der Waals surface area (Å²) in [6, 6.07) is 3.05. The molecule has 0 spiro atoms. The fraction of sp³-hybridized carbons (Fsp3) is 0.588. The lowest BCUT2D eigenvalue weighted by Crippen LogP contribution is -2.53. The normalized spacial score (nSPS) is 34.3. The van der Waals surface area contributed by atoms with Gasteiger partial charge in [0.2, 0.25) is 5.91 Å². The minimum Gasteiger partial charge on any atom is -0.508 e. The van der Waals surface area contributed by atoms with Crippen LogP contribution in [0.2, 0.25) is 10.0 Å². The van der Waals surface area contributed by atoms with E-state index in [0.29, 0.717) is 35.0 Å². The quantitative estimate of drug-likeness (QED) is 0.822. The van der Waals surface area contributed by atoms with Gasteiger partial charge in [0.05, 0.1) is 28.6 Å². The number of amides is 1. The molecule has 130 valence electrons. The number of phenols is 1. The van der Waals surface area contributed by atoms with Gasteiger partial charge in [-0.05, 0) is 32.4 Å². The first-order valence-electron chi connectivity index (χ1n) is 8.09. The average Bonchev–Trinajstić information content (AvgIpc) is 3.04. The summed E-state index contributed by atoms with van der Waals surface area (Å²) in [6.45, 7) is 4.24. The first kappa shape index (κ1) is 16.5. The second-order valence-corrected chi connectivity index (χ2v) is 7.97. The van der Waals surface area contributed by atoms with Crippen LogP contribution in [0.1, 0.15) is 38.2 Å². The molecule has 1 N–H and O–H groups in total. The van der Waals surface area contributed by atoms with Crippen LogP contribution in [0.5, 0.6) is 5.75 Å². The van der Waals surface area contributed by atoms with E-state index in [1.165, 1.54) is 0 Å². The Kier molecular flexibility index (Phi) is 3.77. The Hall–Kier alpha value is -1.01. The number of benzene rings is 1. The van der Waals surface area contributed by atoms with E-state index in [1.54, 1.807) is 12.1 Å². The molecular weight excluding hydrogens is 353 g/mol. The maximum atomic E-state index is 12.5. The molecule has 5 nitrogen and oxygen atoms in total. The Morgan fingerprint density at radius 1 is 1.29 bits per heavy atom. The van der Waals surface area contributed by atoms with Crippen LogP contribution in [0, 0.1) is 0 Å². The molecule has 3 aliphatic heterocycles. The van der Waals surface area contributed by atoms with Gasteiger partial charge in [-0.1, -0.05) is 23.2 Å². The van der Waals surface area contributed by atoms with E-state index < -0.39 is 5.79 Å². The Bertz CT molecular complexity index is 708. The fourth-order valence-corrected chi connectivity index (χ4v) is 4.73. The van der Waals surface area contributed by atoms with E-state index in [-0.39, 0.29) is 35.8 Å². The fourth-order valence-electron chi connectivity index (χ4n) is 4.25. The molecule has 0 bridgehead atoms. The maximum Gasteiger partial charge on any atom is 0.225 e. The second kappa shape index (κ2) is 5.49. The zero-order valence-corrected chi connectivity index (χ0v) is 15.0. The molecule has 3 saturated heterocycles. The van der Waals surface area contributed by atoms with Crippen molar-refractivity contribution in [1.82, 2.24) is 4.90 Å². The SMILES string of the molecule is CC1(C)OC2CC(=O)N3C[C@@H](c4c(O)ccc(Cl)c4Cl)C[C@H]3C2O1. The molecule has 4 atom stereocenters. The number of carbonyl (C=O) groups excluding carboxylic acids is 1. The summed E-state index contributed by atoms with van der Waals surface area (Å²) < 4.78 is 11.9. The lowest BCUT2D eigenvalue weighted by Gasteiger charge is -2.36. The van der Waals surface area contributed by atoms with Crippen molar-refractivity contribution in [1.29, 1.82) is 0 Å². The summed E-state index contributed by atoms with van der Waals surface area (Å²) in [5.74, 6) is -0.583. The molecule has 24 heavy (non-hydrogen) atoms. The number of rotatable bonds is 1. The average molecular weight is 372 g/mol. The number of hydrogen-bond donors (Lipinski definition) is 1. The molecule has 0 saturated carbocycles. The highest BCUT2D eigenvalue weighted by Gasteiger charge is 2.55. The Balaban J connectivity index is 1.66. The molecule has 0 radical (unpaired) electrons. The minimum atomic E-state index is -0.681. The number of carbonyl (C=O) groups is 1. The van der Waals surface area contributed by atoms with Gasteiger partial charge in [0, 0.05) is 18.0 Å². The summed E-state index contributed by atoms with van der Waals surface area (Å²) in [5, 5.41) is 11.0. The third-order valence-corrected chi connectivity index (χ3v) is 5.98. The van der Waals surface area contributed by atoms with Gasteiger partial charge < -0.3 is 19.5 Å². The number of halogens is 2. The van der Waals surface area contributed by atoms with Crippen LogP contribution in [-0.4, -0.2) is 46.5 Å². The number of piperidine rings is 1. The van der Waals surface area contributed by atoms with Gasteiger partial charge >= 0.3 is 0 Å². The van der Waals surface area contributed by atoms with Crippen LogP contribution in [0.3, 0.4) is 0 Å². The summed E-state index contributed by atoms with van der Waals surface area (Å²) in [5.41, 5.74) is 0.612. The third-order valence-electron chi connectivity index (χ3n) is 5.16. The predicted molar refractivity (Wildman–Crippen MR) is 89.4 cm³/mol. The molecule has 1 aromatic carbocycles. The molecule has 1 aromatic rings. The van der Waals surface area contributed by atoms with Crippen molar-refractivity contribution in [2.75, 3.05) is 6.54 Å². The molecule has 1 amide bonds. The first-order valence-corrected chi connectivity index (χ1v) is 8.84. The Morgan fingerprint density at radius 2 is 2.04 bits per heavy atom. The van der Waals surface area contributed by atoms with Crippen LogP contribution in [-0.2, 0) is 14.3 Å². The van der Waals surface area contributed by atoms with Crippen molar-refractivity contribution in [3.8, 4) is 5.75 Å². The molecule has 0 aromatic heterocycles. The lowest BCUT2D eigenvalue weighted by molar-refractivity contribution is -0.148. The Morgan fingerprint density at radius 3 is 2.79 bits per heavy atom. The predicted octanol–water partition coefficient (Wildman–Crippen LogP) is 3.31. The van der Waals surface area contributed by atoms with Crippen LogP contribution >= 0.6 is 23.2 Å². The number of ether oxygens (including phenoxy) is 2. The summed E-state index contributed by atoms with van der Waals surface area (Å²) in [4.78, 5) is 14.4. The van der Waals surface area contributed by atoms with Crippen molar-refractivity contribution >= 4 is 29.1 Å². The van der Waals surface area contributed by atoms with Gasteiger partial charge in [0.1, 0.15) is 11.9 Å². The van der Waals surface area contributed by atoms with Gasteiger partial charge in [-0.3, -0.25) is 4.79 Å². The lowest BCUT2D eigenvalue weighted by atomic mass is 9.91. The molecule has 2 unspecified atom stereocenters. The van der Waals surface area contributed by atoms with Crippen molar-refractivity contribution in [3.63, 3.8) is 0 Å². The summed E-state index contributed by atoms with van der Waals surface area (Å²) >= 11 is 12.4. The molecule has 0 aliphatic carbocycles. The molecule has 4 rings (SSSR count). The highest BCUT2D eigenvalue weighted by molar-refractivity contribution is 6.42. The number of hydrogen-bond acceptors (Lipinski definition) is 4. The van der Waals surface area contributed by atoms with E-state index in [1.807, 2.05) is 18.7 Å². The topological polar surface area (TPSA) is 59.0 Å². The number of nitrogens with zero attached hydrogens (tertiary/aromatic N) is 1. The van der Waals surface area contributed by atoms with E-state index in [0.717, 1.165) is 0 Å². The summed E-state index contributed by atoms with van der Waals surface area (Å²) in [6.07, 6.45) is 0.630.